The number of urea groups is 1. The molecule has 5 aliphatic carbocycles. The zero-order chi connectivity index (χ0) is 105. The van der Waals surface area contributed by atoms with Crippen molar-refractivity contribution in [2.45, 2.75) is 291 Å². The molecule has 147 heavy (non-hydrogen) atoms. The minimum atomic E-state index is -2.42. The van der Waals surface area contributed by atoms with Crippen LogP contribution >= 0.6 is 0 Å². The van der Waals surface area contributed by atoms with Crippen molar-refractivity contribution in [3.05, 3.63) is 125 Å². The number of fused-ring (bicyclic) bond motifs is 11. The maximum Gasteiger partial charge on any atom is 0.312 e. The van der Waals surface area contributed by atoms with Crippen molar-refractivity contribution in [3.8, 4) is 5.75 Å². The zero-order valence-corrected chi connectivity index (χ0v) is 84.1. The predicted molar refractivity (Wildman–Crippen MR) is 523 cm³/mol. The van der Waals surface area contributed by atoms with Crippen LogP contribution in [-0.4, -0.2) is 324 Å². The van der Waals surface area contributed by atoms with E-state index in [1.165, 1.54) is 48.4 Å². The highest BCUT2D eigenvalue weighted by atomic mass is 19.1. The van der Waals surface area contributed by atoms with Crippen LogP contribution in [0.2, 0.25) is 0 Å². The van der Waals surface area contributed by atoms with E-state index in [2.05, 4.69) is 48.5 Å². The van der Waals surface area contributed by atoms with Crippen molar-refractivity contribution < 1.29 is 150 Å². The van der Waals surface area contributed by atoms with Crippen LogP contribution in [0.25, 0.3) is 11.4 Å². The molecule has 24 atom stereocenters. The third-order valence-electron chi connectivity index (χ3n) is 30.4. The summed E-state index contributed by atoms with van der Waals surface area (Å²) in [4.78, 5) is 140. The predicted octanol–water partition coefficient (Wildman–Crippen LogP) is 3.14. The summed E-state index contributed by atoms with van der Waals surface area (Å²) in [6, 6.07) is 18.4. The van der Waals surface area contributed by atoms with E-state index in [9.17, 15) is 84.0 Å². The van der Waals surface area contributed by atoms with Gasteiger partial charge >= 0.3 is 6.03 Å². The molecule has 19 N–H and O–H groups in total. The second-order valence-electron chi connectivity index (χ2n) is 40.4. The molecule has 0 radical (unpaired) electrons. The number of anilines is 2. The molecule has 2 unspecified atom stereocenters. The Labute approximate surface area is 852 Å². The molecule has 6 fully saturated rings. The number of carbonyl (C=O) groups is 10. The maximum atomic E-state index is 18.2. The number of primary amides is 1. The molecule has 42 nitrogen and oxygen atoms in total. The smallest absolute Gasteiger partial charge is 0.312 e. The largest absolute Gasteiger partial charge is 0.486 e. The number of aliphatic hydroxyl groups excluding tert-OH is 8. The number of nitrogens with zero attached hydrogens (tertiary/aromatic N) is 3. The number of ketones is 4. The van der Waals surface area contributed by atoms with Crippen LogP contribution in [-0.2, 0) is 97.1 Å². The monoisotopic (exact) mass is 2070 g/mol. The van der Waals surface area contributed by atoms with Crippen LogP contribution in [0.5, 0.6) is 5.75 Å². The van der Waals surface area contributed by atoms with Gasteiger partial charge in [0.15, 0.2) is 41.6 Å². The number of hydrazine groups is 4. The van der Waals surface area contributed by atoms with Gasteiger partial charge in [0.25, 0.3) is 0 Å². The third kappa shape index (κ3) is 25.6. The summed E-state index contributed by atoms with van der Waals surface area (Å²) in [5.41, 5.74) is 17.4. The normalized spacial score (nSPS) is 30.2. The molecule has 0 aromatic heterocycles. The first kappa shape index (κ1) is 113. The molecule has 810 valence electrons. The van der Waals surface area contributed by atoms with Crippen LogP contribution in [0.1, 0.15) is 186 Å². The number of rotatable bonds is 51. The number of para-hydroxylation sites is 1. The minimum Gasteiger partial charge on any atom is -0.486 e. The first-order valence-electron chi connectivity index (χ1n) is 51.4. The van der Waals surface area contributed by atoms with E-state index >= 15 is 13.6 Å². The van der Waals surface area contributed by atoms with Gasteiger partial charge in [-0.15, -0.1) is 11.1 Å². The Balaban J connectivity index is 0.553. The number of allylic oxidation sites excluding steroid dienone is 5. The summed E-state index contributed by atoms with van der Waals surface area (Å²) in [6.45, 7) is 8.01. The van der Waals surface area contributed by atoms with Crippen molar-refractivity contribution in [3.63, 3.8) is 0 Å². The Morgan fingerprint density at radius 2 is 1.39 bits per heavy atom. The van der Waals surface area contributed by atoms with Crippen LogP contribution in [0.15, 0.2) is 108 Å². The molecule has 0 spiro atoms. The molecular weight excluding hydrogens is 1920 g/mol. The Bertz CT molecular complexity index is 5220. The molecule has 6 heterocycles. The number of halogens is 2. The van der Waals surface area contributed by atoms with Gasteiger partial charge < -0.3 is 141 Å². The van der Waals surface area contributed by atoms with Crippen LogP contribution in [0.4, 0.5) is 25.0 Å². The Kier molecular flexibility index (Phi) is 39.2. The average Bonchev–Trinajstić information content (AvgIpc) is 1.51. The number of nitrogens with one attached hydrogen (secondary N) is 9. The highest BCUT2D eigenvalue weighted by molar-refractivity contribution is 6.04. The van der Waals surface area contributed by atoms with Gasteiger partial charge in [-0.25, -0.2) is 13.6 Å². The molecule has 6 aliphatic heterocycles. The van der Waals surface area contributed by atoms with E-state index in [0.717, 1.165) is 46.3 Å². The van der Waals surface area contributed by atoms with Gasteiger partial charge in [-0.1, -0.05) is 95.5 Å². The van der Waals surface area contributed by atoms with Crippen molar-refractivity contribution >= 4 is 81.5 Å². The quantitative estimate of drug-likeness (QED) is 0.0361. The standard InChI is InChI=1S/C103H145F2N13O29/c1-7-19-84-145-80-51-67-68-50-70(104)69-49-63(122)35-37-100(69,4)102(68,105)78(124)52-101(67,5)103(80,147-84)79(125)56-141-64-32-29-61(30-33-64)109-95(134)59(21-17-39-108-99(106)136)48-74(123)85(58(2)3)111-96(135)71(25-15-16-38-107-82(127)57-142-75-28-10-8-9-27-73-87(75)113-115-118(73)97-92(132)91(131)94(77(55-120)143-97)146-98-93(133)90(130)89(129)76(54-119)144-98)110-81(126)36-41-138-43-45-140-47-46-139-44-42-137-40-18-22-62(121)31-34-83(128)117-53-60-20-11-12-23-65(60)88-86(112-114-116(88)6)66-24-13-14-26-72(66)117/h11-14,20,23-24,26,29-30,32-33,35,37,49,58-59,67-68,70-71,75-78,80,84-85,89-94,97-98,112-115,119-120,124,129-133H,7-10,15-19,21-22,25,27-28,31,34,36,38-48,50-57H2,1-6H3,(H,107,127)(H,109,134)(H,110,126)(H,111,135)(H3,106,108,136)/t59-,67+,68+,70+,71-,75?,76-,77-,78+,80-,84?,85+,89-,90+,91-,92-,93-,94-,97+,98-,100+,101+,102+,103-/m1/s1. The lowest BCUT2D eigenvalue weighted by atomic mass is 9.44. The SMILES string of the molecule is CCCC1O[C@@H]2C[C@H]3[C@@H]4C[C@H](F)C5=CC(=O)C=C[C@]5(C)[C@@]4(F)[C@@H](O)C[C@]3(C)[C@]2(C(=O)COc2ccc(NC(=O)[C@H](CCCNC(N)=O)CC(=O)[C@@H](NC(=O)[C@@H](CCCCNC(=O)COC3CCCCCC4=C3NNN4[C@H]3O[C@H](CO)[C@@H](O[C@H]4O[C@H](CO)[C@@H](O)[C@H](O)[C@H]4O)[C@H](O)[C@H]3O)NC(=O)CCOCCOCCOCCOCCCC(=O)CCC(=O)N3Cc4ccccc4C4=C(NNN4C)c4ccccc43)C(C)C)cc2)O1. The van der Waals surface area contributed by atoms with Crippen molar-refractivity contribution in [1.29, 1.82) is 0 Å². The fourth-order valence-corrected chi connectivity index (χ4v) is 22.7. The number of Topliss-reactive ketones (excluding diaryl/α,β-unsaturated/α-hetero) is 3. The van der Waals surface area contributed by atoms with E-state index in [1.807, 2.05) is 67.5 Å². The number of amides is 7. The van der Waals surface area contributed by atoms with E-state index in [0.29, 0.717) is 69.5 Å². The van der Waals surface area contributed by atoms with E-state index < -0.39 is 230 Å². The molecule has 3 aromatic carbocycles. The number of aliphatic hydroxyl groups is 8. The Morgan fingerprint density at radius 1 is 0.687 bits per heavy atom. The van der Waals surface area contributed by atoms with Crippen LogP contribution < -0.4 is 63.9 Å². The molecule has 0 bridgehead atoms. The highest BCUT2D eigenvalue weighted by Gasteiger charge is 2.80. The molecular formula is C103H145F2N13O29. The maximum absolute atomic E-state index is 18.2. The number of hydrogen-bond donors (Lipinski definition) is 18. The summed E-state index contributed by atoms with van der Waals surface area (Å²) in [5, 5.41) is 104. The lowest BCUT2D eigenvalue weighted by Gasteiger charge is -2.63. The van der Waals surface area contributed by atoms with Gasteiger partial charge in [0, 0.05) is 98.3 Å². The van der Waals surface area contributed by atoms with Crippen LogP contribution in [0.3, 0.4) is 0 Å². The first-order valence-corrected chi connectivity index (χ1v) is 51.4. The molecule has 14 rings (SSSR count). The molecule has 3 saturated carbocycles. The zero-order valence-electron chi connectivity index (χ0n) is 84.1. The fourth-order valence-electron chi connectivity index (χ4n) is 22.7. The Morgan fingerprint density at radius 3 is 2.12 bits per heavy atom. The third-order valence-corrected chi connectivity index (χ3v) is 30.4. The lowest BCUT2D eigenvalue weighted by Crippen LogP contribution is -2.71. The van der Waals surface area contributed by atoms with Crippen LogP contribution in [0, 0.1) is 34.5 Å². The number of hydrogen-bond acceptors (Lipinski definition) is 35. The summed E-state index contributed by atoms with van der Waals surface area (Å²) in [5.74, 6) is -7.44. The average molecular weight is 2070 g/mol. The van der Waals surface area contributed by atoms with Gasteiger partial charge in [-0.3, -0.25) is 53.2 Å². The molecule has 11 aliphatic rings. The first-order chi connectivity index (χ1) is 70.6. The summed E-state index contributed by atoms with van der Waals surface area (Å²) in [7, 11) is 1.93. The molecule has 3 aromatic rings. The second-order valence-corrected chi connectivity index (χ2v) is 40.4. The minimum absolute atomic E-state index is 0.0105. The lowest BCUT2D eigenvalue weighted by molar-refractivity contribution is -0.349. The number of unbranched alkanes of at least 4 members (excludes halogenated alkanes) is 1. The van der Waals surface area contributed by atoms with Gasteiger partial charge in [0.2, 0.25) is 35.3 Å². The highest BCUT2D eigenvalue weighted by Crippen LogP contribution is 2.72. The van der Waals surface area contributed by atoms with Gasteiger partial charge in [-0.2, -0.15) is 0 Å². The van der Waals surface area contributed by atoms with E-state index in [4.69, 9.17) is 57.8 Å². The van der Waals surface area contributed by atoms with E-state index in [-0.39, 0.29) is 165 Å². The second kappa shape index (κ2) is 51.2. The fraction of sp³-hybridized carbons (Fsp3) is 0.650. The van der Waals surface area contributed by atoms with Crippen molar-refractivity contribution in [2.75, 3.05) is 110 Å². The van der Waals surface area contributed by atoms with Crippen molar-refractivity contribution in [1.82, 2.24) is 53.2 Å². The summed E-state index contributed by atoms with van der Waals surface area (Å²) in [6.07, 6.45) is -13.9. The number of carbonyl (C=O) groups excluding carboxylic acids is 10. The van der Waals surface area contributed by atoms with Gasteiger partial charge in [0.1, 0.15) is 91.9 Å². The summed E-state index contributed by atoms with van der Waals surface area (Å²) < 4.78 is 101. The summed E-state index contributed by atoms with van der Waals surface area (Å²) >= 11 is 0. The number of benzene rings is 3. The number of nitrogens with two attached hydrogens (primary N) is 1. The van der Waals surface area contributed by atoms with E-state index in [1.54, 1.807) is 25.7 Å². The molecule has 3 saturated heterocycles. The Hall–Kier alpha value is -10.0. The topological polar surface area (TPSA) is 578 Å². The van der Waals surface area contributed by atoms with Gasteiger partial charge in [0.05, 0.1) is 113 Å². The molecule has 7 amide bonds. The molecule has 44 heteroatoms. The van der Waals surface area contributed by atoms with Crippen molar-refractivity contribution in [2.24, 2.45) is 40.2 Å². The van der Waals surface area contributed by atoms with Gasteiger partial charge in [-0.05, 0) is 156 Å². The number of ether oxygens (including phenoxy) is 11. The number of alkyl halides is 2.